The number of imidazole rings is 1. The van der Waals surface area contributed by atoms with Gasteiger partial charge in [-0.2, -0.15) is 0 Å². The van der Waals surface area contributed by atoms with E-state index < -0.39 is 18.2 Å². The second-order valence-corrected chi connectivity index (χ2v) is 12.3. The first-order valence-electron chi connectivity index (χ1n) is 16.6. The van der Waals surface area contributed by atoms with Crippen molar-refractivity contribution >= 4 is 34.5 Å². The molecular weight excluding hydrogens is 606 g/mol. The summed E-state index contributed by atoms with van der Waals surface area (Å²) in [5.41, 5.74) is 6.29. The number of alkyl carbamates (subject to hydrolysis) is 1. The molecule has 11 heteroatoms. The highest BCUT2D eigenvalue weighted by atomic mass is 16.5. The van der Waals surface area contributed by atoms with Crippen LogP contribution in [0.25, 0.3) is 33.4 Å². The number of fused-ring (bicyclic) bond motifs is 1. The molecule has 2 saturated heterocycles. The van der Waals surface area contributed by atoms with Crippen LogP contribution in [0.15, 0.2) is 85.1 Å². The Morgan fingerprint density at radius 1 is 0.938 bits per heavy atom. The van der Waals surface area contributed by atoms with Crippen molar-refractivity contribution in [1.82, 2.24) is 30.5 Å². The smallest absolute Gasteiger partial charge is 0.408 e. The number of nitrogens with zero attached hydrogens (tertiary/aromatic N) is 2. The summed E-state index contributed by atoms with van der Waals surface area (Å²) in [7, 11) is 0. The number of nitrogens with one attached hydrogen (secondary N) is 5. The number of rotatable bonds is 9. The lowest BCUT2D eigenvalue weighted by Crippen LogP contribution is -2.48. The molecule has 2 aromatic heterocycles. The number of likely N-dealkylation sites (tertiary alicyclic amines) is 1. The van der Waals surface area contributed by atoms with Crippen molar-refractivity contribution in [1.29, 1.82) is 0 Å². The summed E-state index contributed by atoms with van der Waals surface area (Å²) in [6.45, 7) is 3.33. The predicted octanol–water partition coefficient (Wildman–Crippen LogP) is 6.07. The van der Waals surface area contributed by atoms with Crippen LogP contribution in [-0.4, -0.2) is 63.5 Å². The first-order valence-corrected chi connectivity index (χ1v) is 16.6. The van der Waals surface area contributed by atoms with E-state index in [-0.39, 0.29) is 18.4 Å². The maximum atomic E-state index is 13.8. The zero-order valence-corrected chi connectivity index (χ0v) is 26.8. The molecule has 2 aliphatic heterocycles. The Morgan fingerprint density at radius 3 is 2.48 bits per heavy atom. The second kappa shape index (κ2) is 13.7. The van der Waals surface area contributed by atoms with E-state index in [1.807, 2.05) is 30.5 Å². The van der Waals surface area contributed by atoms with Crippen LogP contribution in [0.3, 0.4) is 0 Å². The van der Waals surface area contributed by atoms with Gasteiger partial charge in [-0.1, -0.05) is 54.6 Å². The molecule has 7 rings (SSSR count). The van der Waals surface area contributed by atoms with Crippen molar-refractivity contribution in [3.63, 3.8) is 0 Å². The van der Waals surface area contributed by atoms with E-state index in [9.17, 15) is 14.4 Å². The third-order valence-electron chi connectivity index (χ3n) is 9.14. The zero-order valence-electron chi connectivity index (χ0n) is 26.8. The molecule has 5 N–H and O–H groups in total. The average Bonchev–Trinajstić information content (AvgIpc) is 3.94. The van der Waals surface area contributed by atoms with Crippen molar-refractivity contribution in [3.05, 3.63) is 96.4 Å². The largest absolute Gasteiger partial charge is 0.450 e. The fourth-order valence-corrected chi connectivity index (χ4v) is 6.69. The summed E-state index contributed by atoms with van der Waals surface area (Å²) in [5.74, 6) is 0.377. The summed E-state index contributed by atoms with van der Waals surface area (Å²) < 4.78 is 5.06. The highest BCUT2D eigenvalue weighted by Crippen LogP contribution is 2.30. The van der Waals surface area contributed by atoms with Gasteiger partial charge in [-0.05, 0) is 80.1 Å². The number of hydrogen-bond donors (Lipinski definition) is 5. The van der Waals surface area contributed by atoms with Gasteiger partial charge in [0.05, 0.1) is 24.5 Å². The topological polar surface area (TPSA) is 144 Å². The number of carbonyl (C=O) groups excluding carboxylic acids is 3. The summed E-state index contributed by atoms with van der Waals surface area (Å²) in [5, 5.41) is 10.1. The summed E-state index contributed by atoms with van der Waals surface area (Å²) in [4.78, 5) is 52.8. The molecule has 48 heavy (non-hydrogen) atoms. The van der Waals surface area contributed by atoms with Crippen LogP contribution in [0.2, 0.25) is 0 Å². The lowest BCUT2D eigenvalue weighted by molar-refractivity contribution is -0.138. The molecule has 0 unspecified atom stereocenters. The predicted molar refractivity (Wildman–Crippen MR) is 184 cm³/mol. The molecule has 0 spiro atoms. The van der Waals surface area contributed by atoms with Crippen LogP contribution in [0.5, 0.6) is 0 Å². The van der Waals surface area contributed by atoms with E-state index >= 15 is 0 Å². The van der Waals surface area contributed by atoms with Gasteiger partial charge in [0, 0.05) is 28.8 Å². The molecule has 0 bridgehead atoms. The molecule has 11 nitrogen and oxygen atoms in total. The van der Waals surface area contributed by atoms with E-state index in [0.29, 0.717) is 36.7 Å². The maximum absolute atomic E-state index is 13.8. The van der Waals surface area contributed by atoms with Crippen molar-refractivity contribution in [2.45, 2.75) is 50.7 Å². The molecule has 0 radical (unpaired) electrons. The van der Waals surface area contributed by atoms with E-state index in [2.05, 4.69) is 61.2 Å². The number of benzene rings is 3. The number of carbonyl (C=O) groups is 3. The van der Waals surface area contributed by atoms with Gasteiger partial charge < -0.3 is 35.6 Å². The molecule has 4 heterocycles. The van der Waals surface area contributed by atoms with Gasteiger partial charge in [-0.15, -0.1) is 0 Å². The van der Waals surface area contributed by atoms with Gasteiger partial charge >= 0.3 is 6.09 Å². The Bertz CT molecular complexity index is 1910. The maximum Gasteiger partial charge on any atom is 0.408 e. The summed E-state index contributed by atoms with van der Waals surface area (Å²) >= 11 is 0. The fraction of sp³-hybridized carbons (Fsp3) is 0.297. The highest BCUT2D eigenvalue weighted by molar-refractivity contribution is 6.00. The Kier molecular flexibility index (Phi) is 8.93. The average molecular weight is 646 g/mol. The van der Waals surface area contributed by atoms with Crippen LogP contribution >= 0.6 is 0 Å². The Morgan fingerprint density at radius 2 is 1.73 bits per heavy atom. The van der Waals surface area contributed by atoms with Crippen LogP contribution in [-0.2, 0) is 14.3 Å². The van der Waals surface area contributed by atoms with Crippen molar-refractivity contribution < 1.29 is 19.1 Å². The molecule has 3 aromatic carbocycles. The van der Waals surface area contributed by atoms with E-state index in [4.69, 9.17) is 4.74 Å². The van der Waals surface area contributed by atoms with Gasteiger partial charge in [0.1, 0.15) is 17.9 Å². The van der Waals surface area contributed by atoms with Gasteiger partial charge in [-0.3, -0.25) is 9.59 Å². The minimum atomic E-state index is -0.964. The lowest BCUT2D eigenvalue weighted by Gasteiger charge is -2.28. The third kappa shape index (κ3) is 6.54. The Hall–Kier alpha value is -5.42. The molecule has 0 saturated carbocycles. The molecule has 2 fully saturated rings. The Labute approximate surface area is 278 Å². The molecular formula is C37H39N7O4. The minimum Gasteiger partial charge on any atom is -0.450 e. The second-order valence-electron chi connectivity index (χ2n) is 12.3. The van der Waals surface area contributed by atoms with Gasteiger partial charge in [0.25, 0.3) is 5.91 Å². The third-order valence-corrected chi connectivity index (χ3v) is 9.14. The van der Waals surface area contributed by atoms with Gasteiger partial charge in [0.15, 0.2) is 0 Å². The summed E-state index contributed by atoms with van der Waals surface area (Å²) in [6, 6.07) is 23.8. The first kappa shape index (κ1) is 31.2. The quantitative estimate of drug-likeness (QED) is 0.132. The standard InChI is InChI=1S/C37H39N7O4/c1-2-48-37(47)43-33(25-8-4-3-5-9-25)36(46)44-19-7-11-32(44)35(45)40-27-16-17-28-26(20-27)21-30(41-28)23-12-14-24(15-13-23)31-22-39-34(42-31)29-10-6-18-38-29/h3-5,8-9,12-17,20-22,29,32-33,38,41H,2,6-7,10-11,18-19H2,1H3,(H,39,42)(H,40,45)(H,43,47)/t29-,32-,33+/m0/s1. The highest BCUT2D eigenvalue weighted by Gasteiger charge is 2.38. The minimum absolute atomic E-state index is 0.181. The molecule has 5 aromatic rings. The van der Waals surface area contributed by atoms with Crippen LogP contribution in [0.1, 0.15) is 56.1 Å². The van der Waals surface area contributed by atoms with Crippen molar-refractivity contribution in [2.75, 3.05) is 25.0 Å². The number of amides is 3. The lowest BCUT2D eigenvalue weighted by atomic mass is 10.0. The molecule has 3 atom stereocenters. The fourth-order valence-electron chi connectivity index (χ4n) is 6.69. The molecule has 3 amide bonds. The summed E-state index contributed by atoms with van der Waals surface area (Å²) in [6.07, 6.45) is 4.69. The molecule has 246 valence electrons. The van der Waals surface area contributed by atoms with Gasteiger partial charge in [-0.25, -0.2) is 9.78 Å². The number of ether oxygens (including phenoxy) is 1. The van der Waals surface area contributed by atoms with Crippen LogP contribution < -0.4 is 16.0 Å². The monoisotopic (exact) mass is 645 g/mol. The Balaban J connectivity index is 1.03. The van der Waals surface area contributed by atoms with Crippen molar-refractivity contribution in [3.8, 4) is 22.5 Å². The van der Waals surface area contributed by atoms with Crippen LogP contribution in [0.4, 0.5) is 10.5 Å². The zero-order chi connectivity index (χ0) is 33.0. The normalized spacial score (nSPS) is 18.1. The molecule has 2 aliphatic rings. The SMILES string of the molecule is CCOC(=O)N[C@@H](C(=O)N1CCC[C@H]1C(=O)Nc1ccc2[nH]c(-c3ccc(-c4cnc([C@@H]5CCCN5)[nH]4)cc3)cc2c1)c1ccccc1. The van der Waals surface area contributed by atoms with Crippen LogP contribution in [0, 0.1) is 0 Å². The molecule has 0 aliphatic carbocycles. The van der Waals surface area contributed by atoms with Crippen molar-refractivity contribution in [2.24, 2.45) is 0 Å². The first-order chi connectivity index (χ1) is 23.5. The number of anilines is 1. The van der Waals surface area contributed by atoms with E-state index in [1.165, 1.54) is 6.42 Å². The number of H-pyrrole nitrogens is 2. The number of hydrogen-bond acceptors (Lipinski definition) is 6. The van der Waals surface area contributed by atoms with E-state index in [1.54, 1.807) is 36.1 Å². The van der Waals surface area contributed by atoms with E-state index in [0.717, 1.165) is 52.2 Å². The number of aromatic amines is 2. The van der Waals surface area contributed by atoms with Gasteiger partial charge in [0.2, 0.25) is 5.91 Å². The number of aromatic nitrogens is 3.